The largest absolute Gasteiger partial charge is 0.383 e. The molecule has 0 bridgehead atoms. The van der Waals surface area contributed by atoms with Gasteiger partial charge in [0.2, 0.25) is 11.8 Å². The van der Waals surface area contributed by atoms with Gasteiger partial charge in [0.05, 0.1) is 5.92 Å². The van der Waals surface area contributed by atoms with Crippen molar-refractivity contribution in [3.05, 3.63) is 45.1 Å². The SMILES string of the molecule is CCCCn1c(N)c(N(C)C(=O)C2CC(=O)N(c3ccc(SC)cc3)C2)c(=O)[nH]c1=O. The molecule has 1 aromatic carbocycles. The molecule has 2 amide bonds. The molecule has 10 heteroatoms. The first-order valence-corrected chi connectivity index (χ1v) is 11.4. The Bertz CT molecular complexity index is 1090. The quantitative estimate of drug-likeness (QED) is 0.625. The molecule has 2 aromatic rings. The molecule has 1 atom stereocenters. The summed E-state index contributed by atoms with van der Waals surface area (Å²) in [6.07, 6.45) is 3.56. The van der Waals surface area contributed by atoms with Crippen molar-refractivity contribution in [1.29, 1.82) is 0 Å². The van der Waals surface area contributed by atoms with E-state index in [0.29, 0.717) is 13.0 Å². The van der Waals surface area contributed by atoms with E-state index in [0.717, 1.165) is 21.9 Å². The number of nitrogens with zero attached hydrogens (tertiary/aromatic N) is 3. The fourth-order valence-electron chi connectivity index (χ4n) is 3.71. The minimum atomic E-state index is -0.722. The topological polar surface area (TPSA) is 121 Å². The van der Waals surface area contributed by atoms with Crippen molar-refractivity contribution in [2.75, 3.05) is 35.4 Å². The molecular formula is C21H27N5O4S. The van der Waals surface area contributed by atoms with Gasteiger partial charge in [0.25, 0.3) is 5.56 Å². The number of thioether (sulfide) groups is 1. The molecule has 2 heterocycles. The van der Waals surface area contributed by atoms with Crippen LogP contribution in [0, 0.1) is 5.92 Å². The molecule has 0 radical (unpaired) electrons. The van der Waals surface area contributed by atoms with Crippen LogP contribution in [0.2, 0.25) is 0 Å². The molecule has 166 valence electrons. The van der Waals surface area contributed by atoms with Crippen molar-refractivity contribution < 1.29 is 9.59 Å². The maximum Gasteiger partial charge on any atom is 0.330 e. The first-order chi connectivity index (χ1) is 14.8. The minimum Gasteiger partial charge on any atom is -0.383 e. The number of carbonyl (C=O) groups excluding carboxylic acids is 2. The molecule has 0 spiro atoms. The summed E-state index contributed by atoms with van der Waals surface area (Å²) in [6.45, 7) is 2.53. The van der Waals surface area contributed by atoms with Crippen LogP contribution in [0.4, 0.5) is 17.2 Å². The summed E-state index contributed by atoms with van der Waals surface area (Å²) < 4.78 is 1.27. The normalized spacial score (nSPS) is 16.0. The molecule has 3 N–H and O–H groups in total. The van der Waals surface area contributed by atoms with Crippen LogP contribution in [0.25, 0.3) is 0 Å². The van der Waals surface area contributed by atoms with Gasteiger partial charge in [0.15, 0.2) is 5.69 Å². The predicted octanol–water partition coefficient (Wildman–Crippen LogP) is 1.66. The van der Waals surface area contributed by atoms with Crippen molar-refractivity contribution in [2.24, 2.45) is 5.92 Å². The van der Waals surface area contributed by atoms with Gasteiger partial charge in [0.1, 0.15) is 5.82 Å². The Balaban J connectivity index is 1.84. The Morgan fingerprint density at radius 2 is 1.94 bits per heavy atom. The number of aromatic amines is 1. The molecule has 0 aliphatic carbocycles. The summed E-state index contributed by atoms with van der Waals surface area (Å²) in [5, 5.41) is 0. The number of carbonyl (C=O) groups is 2. The number of unbranched alkanes of at least 4 members (excludes halogenated alkanes) is 1. The van der Waals surface area contributed by atoms with Crippen LogP contribution in [0.15, 0.2) is 38.8 Å². The van der Waals surface area contributed by atoms with E-state index in [4.69, 9.17) is 5.73 Å². The van der Waals surface area contributed by atoms with Gasteiger partial charge in [-0.25, -0.2) is 4.79 Å². The summed E-state index contributed by atoms with van der Waals surface area (Å²) in [7, 11) is 1.44. The monoisotopic (exact) mass is 445 g/mol. The van der Waals surface area contributed by atoms with Crippen molar-refractivity contribution in [1.82, 2.24) is 9.55 Å². The van der Waals surface area contributed by atoms with Gasteiger partial charge in [-0.05, 0) is 36.9 Å². The third-order valence-corrected chi connectivity index (χ3v) is 6.22. The number of hydrogen-bond donors (Lipinski definition) is 2. The van der Waals surface area contributed by atoms with Crippen LogP contribution in [-0.2, 0) is 16.1 Å². The second-order valence-corrected chi connectivity index (χ2v) is 8.38. The lowest BCUT2D eigenvalue weighted by atomic mass is 10.1. The van der Waals surface area contributed by atoms with Crippen molar-refractivity contribution in [3.8, 4) is 0 Å². The average molecular weight is 446 g/mol. The van der Waals surface area contributed by atoms with Gasteiger partial charge in [-0.1, -0.05) is 13.3 Å². The zero-order valence-electron chi connectivity index (χ0n) is 17.9. The molecule has 9 nitrogen and oxygen atoms in total. The van der Waals surface area contributed by atoms with E-state index in [1.54, 1.807) is 16.7 Å². The summed E-state index contributed by atoms with van der Waals surface area (Å²) >= 11 is 1.60. The lowest BCUT2D eigenvalue weighted by Crippen LogP contribution is -2.42. The van der Waals surface area contributed by atoms with Crippen LogP contribution in [0.5, 0.6) is 0 Å². The molecular weight excluding hydrogens is 418 g/mol. The Hall–Kier alpha value is -3.01. The number of rotatable bonds is 7. The van der Waals surface area contributed by atoms with E-state index in [9.17, 15) is 19.2 Å². The molecule has 1 unspecified atom stereocenters. The maximum absolute atomic E-state index is 13.1. The Kier molecular flexibility index (Phi) is 6.89. The van der Waals surface area contributed by atoms with Gasteiger partial charge >= 0.3 is 5.69 Å². The van der Waals surface area contributed by atoms with E-state index < -0.39 is 23.1 Å². The van der Waals surface area contributed by atoms with Gasteiger partial charge < -0.3 is 15.5 Å². The van der Waals surface area contributed by atoms with Crippen LogP contribution < -0.4 is 26.8 Å². The fraction of sp³-hybridized carbons (Fsp3) is 0.429. The van der Waals surface area contributed by atoms with Gasteiger partial charge in [-0.3, -0.25) is 23.9 Å². The van der Waals surface area contributed by atoms with E-state index in [-0.39, 0.29) is 30.4 Å². The maximum atomic E-state index is 13.1. The summed E-state index contributed by atoms with van der Waals surface area (Å²) in [5.41, 5.74) is 5.44. The number of nitrogens with two attached hydrogens (primary N) is 1. The molecule has 1 aromatic heterocycles. The van der Waals surface area contributed by atoms with Gasteiger partial charge in [-0.15, -0.1) is 11.8 Å². The first kappa shape index (κ1) is 22.7. The second kappa shape index (κ2) is 9.42. The Morgan fingerprint density at radius 3 is 2.55 bits per heavy atom. The molecule has 1 aliphatic rings. The standard InChI is InChI=1S/C21H27N5O4S/c1-4-5-10-25-18(22)17(19(28)23-21(25)30)24(2)20(29)13-11-16(27)26(12-13)14-6-8-15(31-3)9-7-14/h6-9,13H,4-5,10-12,22H2,1-3H3,(H,23,28,30). The Morgan fingerprint density at radius 1 is 1.26 bits per heavy atom. The lowest BCUT2D eigenvalue weighted by Gasteiger charge is -2.23. The number of nitrogen functional groups attached to an aromatic ring is 1. The summed E-state index contributed by atoms with van der Waals surface area (Å²) in [6, 6.07) is 7.56. The van der Waals surface area contributed by atoms with Crippen molar-refractivity contribution in [3.63, 3.8) is 0 Å². The van der Waals surface area contributed by atoms with Crippen LogP contribution >= 0.6 is 11.8 Å². The van der Waals surface area contributed by atoms with Crippen molar-refractivity contribution >= 4 is 40.8 Å². The van der Waals surface area contributed by atoms with Crippen LogP contribution in [0.3, 0.4) is 0 Å². The number of H-pyrrole nitrogens is 1. The molecule has 1 aliphatic heterocycles. The third kappa shape index (κ3) is 4.53. The average Bonchev–Trinajstić information content (AvgIpc) is 3.14. The van der Waals surface area contributed by atoms with Gasteiger partial charge in [0, 0.05) is 37.1 Å². The highest BCUT2D eigenvalue weighted by Gasteiger charge is 2.37. The number of amides is 2. The molecule has 31 heavy (non-hydrogen) atoms. The summed E-state index contributed by atoms with van der Waals surface area (Å²) in [5.74, 6) is -1.22. The highest BCUT2D eigenvalue weighted by Crippen LogP contribution is 2.29. The van der Waals surface area contributed by atoms with Gasteiger partial charge in [-0.2, -0.15) is 0 Å². The zero-order chi connectivity index (χ0) is 22.7. The van der Waals surface area contributed by atoms with E-state index in [2.05, 4.69) is 4.98 Å². The lowest BCUT2D eigenvalue weighted by molar-refractivity contribution is -0.124. The fourth-order valence-corrected chi connectivity index (χ4v) is 4.12. The zero-order valence-corrected chi connectivity index (χ0v) is 18.7. The minimum absolute atomic E-state index is 0.0424. The molecule has 1 fully saturated rings. The van der Waals surface area contributed by atoms with E-state index in [1.807, 2.05) is 37.4 Å². The molecule has 0 saturated carbocycles. The second-order valence-electron chi connectivity index (χ2n) is 7.50. The number of nitrogens with one attached hydrogen (secondary N) is 1. The Labute approximate surface area is 184 Å². The highest BCUT2D eigenvalue weighted by molar-refractivity contribution is 7.98. The van der Waals surface area contributed by atoms with Crippen LogP contribution in [-0.4, -0.2) is 41.2 Å². The first-order valence-electron chi connectivity index (χ1n) is 10.1. The number of benzene rings is 1. The number of hydrogen-bond acceptors (Lipinski definition) is 6. The highest BCUT2D eigenvalue weighted by atomic mass is 32.2. The predicted molar refractivity (Wildman–Crippen MR) is 123 cm³/mol. The van der Waals surface area contributed by atoms with E-state index >= 15 is 0 Å². The van der Waals surface area contributed by atoms with Crippen molar-refractivity contribution in [2.45, 2.75) is 37.6 Å². The molecule has 3 rings (SSSR count). The third-order valence-electron chi connectivity index (χ3n) is 5.47. The molecule has 1 saturated heterocycles. The smallest absolute Gasteiger partial charge is 0.330 e. The summed E-state index contributed by atoms with van der Waals surface area (Å²) in [4.78, 5) is 56.3. The number of anilines is 3. The number of aromatic nitrogens is 2. The van der Waals surface area contributed by atoms with Crippen LogP contribution in [0.1, 0.15) is 26.2 Å². The van der Waals surface area contributed by atoms with E-state index in [1.165, 1.54) is 11.6 Å².